The van der Waals surface area contributed by atoms with Crippen molar-refractivity contribution in [2.45, 2.75) is 39.2 Å². The van der Waals surface area contributed by atoms with E-state index in [1.165, 1.54) is 25.5 Å². The number of halogens is 6. The molecule has 0 saturated heterocycles. The number of ether oxygens (including phenoxy) is 1. The van der Waals surface area contributed by atoms with E-state index >= 15 is 0 Å². The first kappa shape index (κ1) is 29.6. The molecule has 0 fully saturated rings. The highest BCUT2D eigenvalue weighted by molar-refractivity contribution is 5.95. The standard InChI is InChI=1S/C29H25F6N3O3/c1-5-37(26(39)18-13-19(28(30,31)32)15-20(14-18)29(33,34)35)17(3)25-36-22-9-7-6-8-21(22)27(40)38(25)23-12-16(2)10-11-24(23)41-4/h6-15,17H,5H2,1-4H3. The quantitative estimate of drug-likeness (QED) is 0.233. The van der Waals surface area contributed by atoms with Crippen molar-refractivity contribution in [3.05, 3.63) is 99.1 Å². The van der Waals surface area contributed by atoms with Gasteiger partial charge in [0, 0.05) is 12.1 Å². The molecule has 1 aromatic heterocycles. The van der Waals surface area contributed by atoms with Gasteiger partial charge in [-0.25, -0.2) is 4.98 Å². The number of carbonyl (C=O) groups excluding carboxylic acids is 1. The molecule has 0 aliphatic rings. The highest BCUT2D eigenvalue weighted by atomic mass is 19.4. The number of fused-ring (bicyclic) bond motifs is 1. The SMILES string of the molecule is CCN(C(=O)c1cc(C(F)(F)F)cc(C(F)(F)F)c1)C(C)c1nc2ccccc2c(=O)n1-c1cc(C)ccc1OC. The number of para-hydroxylation sites is 1. The van der Waals surface area contributed by atoms with Gasteiger partial charge in [0.25, 0.3) is 11.5 Å². The van der Waals surface area contributed by atoms with Crippen LogP contribution in [0.1, 0.15) is 52.8 Å². The van der Waals surface area contributed by atoms with Gasteiger partial charge in [0.15, 0.2) is 0 Å². The number of carbonyl (C=O) groups is 1. The molecule has 1 amide bonds. The maximum absolute atomic E-state index is 13.8. The Kier molecular flexibility index (Phi) is 7.88. The Morgan fingerprint density at radius 1 is 0.976 bits per heavy atom. The molecule has 12 heteroatoms. The smallest absolute Gasteiger partial charge is 0.416 e. The highest BCUT2D eigenvalue weighted by Crippen LogP contribution is 2.37. The van der Waals surface area contributed by atoms with Gasteiger partial charge in [-0.05, 0) is 68.8 Å². The van der Waals surface area contributed by atoms with E-state index in [0.717, 1.165) is 10.5 Å². The van der Waals surface area contributed by atoms with Crippen molar-refractivity contribution >= 4 is 16.8 Å². The fourth-order valence-corrected chi connectivity index (χ4v) is 4.61. The summed E-state index contributed by atoms with van der Waals surface area (Å²) >= 11 is 0. The largest absolute Gasteiger partial charge is 0.495 e. The Bertz CT molecular complexity index is 1650. The third-order valence-electron chi connectivity index (χ3n) is 6.65. The summed E-state index contributed by atoms with van der Waals surface area (Å²) in [6.07, 6.45) is -10.2. The summed E-state index contributed by atoms with van der Waals surface area (Å²) in [5.74, 6) is -0.747. The number of amides is 1. The predicted molar refractivity (Wildman–Crippen MR) is 140 cm³/mol. The molecule has 0 bridgehead atoms. The monoisotopic (exact) mass is 577 g/mol. The number of hydrogen-bond donors (Lipinski definition) is 0. The van der Waals surface area contributed by atoms with Crippen molar-refractivity contribution in [2.24, 2.45) is 0 Å². The normalized spacial score (nSPS) is 12.8. The first-order chi connectivity index (χ1) is 19.2. The number of rotatable bonds is 6. The van der Waals surface area contributed by atoms with Gasteiger partial charge in [0.2, 0.25) is 0 Å². The van der Waals surface area contributed by atoms with Crippen LogP contribution in [0.25, 0.3) is 16.6 Å². The maximum Gasteiger partial charge on any atom is 0.416 e. The molecule has 1 heterocycles. The zero-order chi connectivity index (χ0) is 30.3. The summed E-state index contributed by atoms with van der Waals surface area (Å²) in [5.41, 5.74) is -3.14. The van der Waals surface area contributed by atoms with Gasteiger partial charge < -0.3 is 9.64 Å². The van der Waals surface area contributed by atoms with Gasteiger partial charge in [-0.15, -0.1) is 0 Å². The summed E-state index contributed by atoms with van der Waals surface area (Å²) in [4.78, 5) is 33.1. The number of methoxy groups -OCH3 is 1. The third-order valence-corrected chi connectivity index (χ3v) is 6.65. The number of aryl methyl sites for hydroxylation is 1. The first-order valence-electron chi connectivity index (χ1n) is 12.4. The zero-order valence-electron chi connectivity index (χ0n) is 22.4. The molecular weight excluding hydrogens is 552 g/mol. The van der Waals surface area contributed by atoms with Crippen LogP contribution in [0.15, 0.2) is 65.5 Å². The molecule has 41 heavy (non-hydrogen) atoms. The van der Waals surface area contributed by atoms with Crippen LogP contribution in [0.3, 0.4) is 0 Å². The minimum absolute atomic E-state index is 0.0378. The van der Waals surface area contributed by atoms with E-state index in [0.29, 0.717) is 29.1 Å². The topological polar surface area (TPSA) is 64.4 Å². The Balaban J connectivity index is 1.94. The van der Waals surface area contributed by atoms with Gasteiger partial charge in [-0.3, -0.25) is 14.2 Å². The third kappa shape index (κ3) is 5.77. The van der Waals surface area contributed by atoms with E-state index in [4.69, 9.17) is 4.74 Å². The van der Waals surface area contributed by atoms with Gasteiger partial charge in [0.05, 0.1) is 40.9 Å². The second-order valence-electron chi connectivity index (χ2n) is 9.36. The van der Waals surface area contributed by atoms with E-state index in [2.05, 4.69) is 4.98 Å². The van der Waals surface area contributed by atoms with E-state index in [1.54, 1.807) is 49.4 Å². The van der Waals surface area contributed by atoms with Crippen LogP contribution in [0.4, 0.5) is 26.3 Å². The van der Waals surface area contributed by atoms with Crippen LogP contribution in [0.5, 0.6) is 5.75 Å². The van der Waals surface area contributed by atoms with Gasteiger partial charge in [-0.1, -0.05) is 18.2 Å². The number of nitrogens with zero attached hydrogens (tertiary/aromatic N) is 3. The van der Waals surface area contributed by atoms with E-state index in [-0.39, 0.29) is 23.8 Å². The summed E-state index contributed by atoms with van der Waals surface area (Å²) in [5, 5.41) is 0.258. The van der Waals surface area contributed by atoms with Crippen LogP contribution in [0, 0.1) is 6.92 Å². The van der Waals surface area contributed by atoms with E-state index in [9.17, 15) is 35.9 Å². The van der Waals surface area contributed by atoms with Crippen LogP contribution >= 0.6 is 0 Å². The van der Waals surface area contributed by atoms with Crippen molar-refractivity contribution in [3.63, 3.8) is 0 Å². The van der Waals surface area contributed by atoms with Crippen molar-refractivity contribution in [2.75, 3.05) is 13.7 Å². The number of alkyl halides is 6. The number of aromatic nitrogens is 2. The fraction of sp³-hybridized carbons (Fsp3) is 0.276. The minimum atomic E-state index is -5.12. The molecular formula is C29H25F6N3O3. The molecule has 6 nitrogen and oxygen atoms in total. The van der Waals surface area contributed by atoms with Crippen molar-refractivity contribution in [3.8, 4) is 11.4 Å². The lowest BCUT2D eigenvalue weighted by Gasteiger charge is -2.30. The van der Waals surface area contributed by atoms with Gasteiger partial charge >= 0.3 is 12.4 Å². The van der Waals surface area contributed by atoms with Crippen LogP contribution < -0.4 is 10.3 Å². The molecule has 0 N–H and O–H groups in total. The number of hydrogen-bond acceptors (Lipinski definition) is 4. The van der Waals surface area contributed by atoms with Crippen LogP contribution in [-0.4, -0.2) is 34.0 Å². The molecule has 0 aliphatic carbocycles. The lowest BCUT2D eigenvalue weighted by Crippen LogP contribution is -2.37. The summed E-state index contributed by atoms with van der Waals surface area (Å²) < 4.78 is 87.7. The van der Waals surface area contributed by atoms with Crippen LogP contribution in [0.2, 0.25) is 0 Å². The van der Waals surface area contributed by atoms with Crippen molar-refractivity contribution < 1.29 is 35.9 Å². The summed E-state index contributed by atoms with van der Waals surface area (Å²) in [7, 11) is 1.41. The molecule has 4 rings (SSSR count). The lowest BCUT2D eigenvalue weighted by atomic mass is 10.0. The fourth-order valence-electron chi connectivity index (χ4n) is 4.61. The Morgan fingerprint density at radius 2 is 1.59 bits per heavy atom. The summed E-state index contributed by atoms with van der Waals surface area (Å²) in [6.45, 7) is 4.68. The van der Waals surface area contributed by atoms with E-state index in [1.807, 2.05) is 0 Å². The molecule has 3 aromatic carbocycles. The predicted octanol–water partition coefficient (Wildman–Crippen LogP) is 6.96. The lowest BCUT2D eigenvalue weighted by molar-refractivity contribution is -0.143. The zero-order valence-corrected chi connectivity index (χ0v) is 22.4. The summed E-state index contributed by atoms with van der Waals surface area (Å²) in [6, 6.07) is 11.2. The Labute approximate surface area is 230 Å². The second kappa shape index (κ2) is 10.9. The molecule has 0 saturated carbocycles. The molecule has 0 aliphatic heterocycles. The average molecular weight is 578 g/mol. The number of benzene rings is 3. The van der Waals surface area contributed by atoms with E-state index < -0.39 is 46.6 Å². The van der Waals surface area contributed by atoms with Crippen molar-refractivity contribution in [1.82, 2.24) is 14.5 Å². The maximum atomic E-state index is 13.8. The molecule has 4 aromatic rings. The van der Waals surface area contributed by atoms with Gasteiger partial charge in [0.1, 0.15) is 11.6 Å². The second-order valence-corrected chi connectivity index (χ2v) is 9.36. The Morgan fingerprint density at radius 3 is 2.15 bits per heavy atom. The highest BCUT2D eigenvalue weighted by Gasteiger charge is 2.38. The first-order valence-corrected chi connectivity index (χ1v) is 12.4. The minimum Gasteiger partial charge on any atom is -0.495 e. The molecule has 1 unspecified atom stereocenters. The molecule has 216 valence electrons. The van der Waals surface area contributed by atoms with Gasteiger partial charge in [-0.2, -0.15) is 26.3 Å². The average Bonchev–Trinajstić information content (AvgIpc) is 2.92. The molecule has 0 radical (unpaired) electrons. The Hall–Kier alpha value is -4.35. The molecule has 1 atom stereocenters. The van der Waals surface area contributed by atoms with Crippen LogP contribution in [-0.2, 0) is 12.4 Å². The van der Waals surface area contributed by atoms with Crippen molar-refractivity contribution in [1.29, 1.82) is 0 Å². The molecule has 0 spiro atoms.